The van der Waals surface area contributed by atoms with Crippen molar-refractivity contribution in [3.63, 3.8) is 0 Å². The summed E-state index contributed by atoms with van der Waals surface area (Å²) in [6.07, 6.45) is 3.86. The molecule has 0 radical (unpaired) electrons. The smallest absolute Gasteiger partial charge is 0.251 e. The average Bonchev–Trinajstić information content (AvgIpc) is 2.66. The Morgan fingerprint density at radius 3 is 2.56 bits per heavy atom. The Morgan fingerprint density at radius 1 is 1.16 bits per heavy atom. The molecule has 2 amide bonds. The monoisotopic (exact) mass is 354 g/mol. The van der Waals surface area contributed by atoms with E-state index in [1.54, 1.807) is 48.4 Å². The predicted molar refractivity (Wildman–Crippen MR) is 95.9 cm³/mol. The molecule has 0 aliphatic rings. The molecule has 2 aromatic rings. The Morgan fingerprint density at radius 2 is 1.88 bits per heavy atom. The number of rotatable bonds is 8. The van der Waals surface area contributed by atoms with Crippen LogP contribution >= 0.6 is 11.8 Å². The van der Waals surface area contributed by atoms with Crippen molar-refractivity contribution < 1.29 is 9.59 Å². The van der Waals surface area contributed by atoms with E-state index in [0.29, 0.717) is 17.7 Å². The molecule has 0 aliphatic carbocycles. The van der Waals surface area contributed by atoms with Crippen LogP contribution in [0, 0.1) is 11.3 Å². The molecule has 0 bridgehead atoms. The standard InChI is InChI=1S/C18H18N4O2S/c19-9-12-21-18(24)16(8-13-25-15-6-10-20-11-7-15)22-17(23)14-4-2-1-3-5-14/h1-7,10-11,16H,8,12-13H2,(H,21,24)(H,22,23). The zero-order valence-corrected chi connectivity index (χ0v) is 14.3. The van der Waals surface area contributed by atoms with Gasteiger partial charge in [0.2, 0.25) is 5.91 Å². The Balaban J connectivity index is 1.96. The SMILES string of the molecule is N#CCNC(=O)C(CCSc1ccncc1)NC(=O)c1ccccc1. The molecule has 1 unspecified atom stereocenters. The highest BCUT2D eigenvalue weighted by atomic mass is 32.2. The zero-order chi connectivity index (χ0) is 17.9. The van der Waals surface area contributed by atoms with E-state index in [4.69, 9.17) is 5.26 Å². The summed E-state index contributed by atoms with van der Waals surface area (Å²) >= 11 is 1.58. The van der Waals surface area contributed by atoms with Crippen LogP contribution in [0.2, 0.25) is 0 Å². The first kappa shape index (κ1) is 18.5. The first-order valence-corrected chi connectivity index (χ1v) is 8.72. The maximum absolute atomic E-state index is 12.3. The molecular weight excluding hydrogens is 336 g/mol. The van der Waals surface area contributed by atoms with Gasteiger partial charge in [0, 0.05) is 28.6 Å². The predicted octanol–water partition coefficient (Wildman–Crippen LogP) is 2.00. The number of nitrogens with zero attached hydrogens (tertiary/aromatic N) is 2. The molecule has 0 saturated heterocycles. The summed E-state index contributed by atoms with van der Waals surface area (Å²) in [5.41, 5.74) is 0.488. The Labute approximate surface area is 150 Å². The fourth-order valence-electron chi connectivity index (χ4n) is 2.08. The highest BCUT2D eigenvalue weighted by Gasteiger charge is 2.21. The van der Waals surface area contributed by atoms with Gasteiger partial charge in [-0.05, 0) is 30.7 Å². The second-order valence-electron chi connectivity index (χ2n) is 5.09. The molecule has 1 aromatic heterocycles. The number of hydrogen-bond donors (Lipinski definition) is 2. The molecule has 2 N–H and O–H groups in total. The fourth-order valence-corrected chi connectivity index (χ4v) is 2.98. The van der Waals surface area contributed by atoms with Crippen LogP contribution in [0.3, 0.4) is 0 Å². The molecule has 0 saturated carbocycles. The summed E-state index contributed by atoms with van der Waals surface area (Å²) in [5.74, 6) is -0.0308. The van der Waals surface area contributed by atoms with Crippen molar-refractivity contribution in [2.75, 3.05) is 12.3 Å². The number of thioether (sulfide) groups is 1. The number of hydrogen-bond acceptors (Lipinski definition) is 5. The number of amides is 2. The van der Waals surface area contributed by atoms with Crippen LogP contribution in [0.5, 0.6) is 0 Å². The van der Waals surface area contributed by atoms with Gasteiger partial charge in [0.15, 0.2) is 0 Å². The minimum absolute atomic E-state index is 0.0892. The van der Waals surface area contributed by atoms with E-state index in [0.717, 1.165) is 4.90 Å². The van der Waals surface area contributed by atoms with E-state index >= 15 is 0 Å². The highest BCUT2D eigenvalue weighted by Crippen LogP contribution is 2.18. The van der Waals surface area contributed by atoms with Crippen molar-refractivity contribution in [2.45, 2.75) is 17.4 Å². The van der Waals surface area contributed by atoms with Crippen LogP contribution in [-0.4, -0.2) is 35.1 Å². The van der Waals surface area contributed by atoms with Crippen molar-refractivity contribution in [3.05, 3.63) is 60.4 Å². The Hall–Kier alpha value is -2.85. The molecule has 1 aromatic carbocycles. The summed E-state index contributed by atoms with van der Waals surface area (Å²) in [6, 6.07) is 13.7. The second kappa shape index (κ2) is 10.1. The molecule has 6 nitrogen and oxygen atoms in total. The lowest BCUT2D eigenvalue weighted by Crippen LogP contribution is -2.47. The molecule has 1 atom stereocenters. The molecule has 7 heteroatoms. The summed E-state index contributed by atoms with van der Waals surface area (Å²) in [6.45, 7) is -0.0892. The molecule has 0 spiro atoms. The number of aromatic nitrogens is 1. The third-order valence-corrected chi connectivity index (χ3v) is 4.37. The number of nitrogens with one attached hydrogen (secondary N) is 2. The summed E-state index contributed by atoms with van der Waals surface area (Å²) < 4.78 is 0. The van der Waals surface area contributed by atoms with Gasteiger partial charge in [-0.15, -0.1) is 11.8 Å². The normalized spacial score (nSPS) is 11.2. The van der Waals surface area contributed by atoms with E-state index in [9.17, 15) is 9.59 Å². The number of carbonyl (C=O) groups is 2. The molecular formula is C18H18N4O2S. The van der Waals surface area contributed by atoms with Crippen LogP contribution in [0.25, 0.3) is 0 Å². The summed E-state index contributed by atoms with van der Waals surface area (Å²) in [4.78, 5) is 29.5. The van der Waals surface area contributed by atoms with Crippen molar-refractivity contribution in [3.8, 4) is 6.07 Å². The van der Waals surface area contributed by atoms with Crippen LogP contribution in [-0.2, 0) is 4.79 Å². The van der Waals surface area contributed by atoms with Crippen molar-refractivity contribution in [2.24, 2.45) is 0 Å². The van der Waals surface area contributed by atoms with Gasteiger partial charge in [0.1, 0.15) is 12.6 Å². The lowest BCUT2D eigenvalue weighted by molar-refractivity contribution is -0.122. The molecule has 128 valence electrons. The number of benzene rings is 1. The van der Waals surface area contributed by atoms with Crippen molar-refractivity contribution in [1.29, 1.82) is 5.26 Å². The third-order valence-electron chi connectivity index (χ3n) is 3.32. The molecule has 0 fully saturated rings. The molecule has 2 rings (SSSR count). The summed E-state index contributed by atoms with van der Waals surface area (Å²) in [7, 11) is 0. The number of nitriles is 1. The van der Waals surface area contributed by atoms with E-state index in [1.807, 2.05) is 24.3 Å². The van der Waals surface area contributed by atoms with Gasteiger partial charge in [-0.3, -0.25) is 14.6 Å². The van der Waals surface area contributed by atoms with Gasteiger partial charge >= 0.3 is 0 Å². The van der Waals surface area contributed by atoms with Gasteiger partial charge in [0.25, 0.3) is 5.91 Å². The highest BCUT2D eigenvalue weighted by molar-refractivity contribution is 7.99. The van der Waals surface area contributed by atoms with Gasteiger partial charge in [-0.25, -0.2) is 0 Å². The van der Waals surface area contributed by atoms with Crippen LogP contribution < -0.4 is 10.6 Å². The van der Waals surface area contributed by atoms with Crippen LogP contribution in [0.15, 0.2) is 59.8 Å². The van der Waals surface area contributed by atoms with Gasteiger partial charge in [0.05, 0.1) is 6.07 Å². The van der Waals surface area contributed by atoms with Gasteiger partial charge < -0.3 is 10.6 Å². The minimum atomic E-state index is -0.699. The van der Waals surface area contributed by atoms with E-state index in [-0.39, 0.29) is 18.4 Å². The van der Waals surface area contributed by atoms with Gasteiger partial charge in [-0.2, -0.15) is 5.26 Å². The van der Waals surface area contributed by atoms with Gasteiger partial charge in [-0.1, -0.05) is 18.2 Å². The Bertz CT molecular complexity index is 732. The van der Waals surface area contributed by atoms with Crippen molar-refractivity contribution in [1.82, 2.24) is 15.6 Å². The molecule has 0 aliphatic heterocycles. The first-order valence-electron chi connectivity index (χ1n) is 7.74. The summed E-state index contributed by atoms with van der Waals surface area (Å²) in [5, 5.41) is 13.9. The topological polar surface area (TPSA) is 94.9 Å². The molecule has 25 heavy (non-hydrogen) atoms. The minimum Gasteiger partial charge on any atom is -0.341 e. The lowest BCUT2D eigenvalue weighted by atomic mass is 10.1. The maximum Gasteiger partial charge on any atom is 0.251 e. The average molecular weight is 354 g/mol. The third kappa shape index (κ3) is 6.28. The molecule has 1 heterocycles. The Kier molecular flexibility index (Phi) is 7.47. The lowest BCUT2D eigenvalue weighted by Gasteiger charge is -2.17. The van der Waals surface area contributed by atoms with E-state index in [1.165, 1.54) is 0 Å². The fraction of sp³-hybridized carbons (Fsp3) is 0.222. The van der Waals surface area contributed by atoms with Crippen LogP contribution in [0.4, 0.5) is 0 Å². The first-order chi connectivity index (χ1) is 12.2. The zero-order valence-electron chi connectivity index (χ0n) is 13.5. The van der Waals surface area contributed by atoms with E-state index in [2.05, 4.69) is 15.6 Å². The van der Waals surface area contributed by atoms with Crippen LogP contribution in [0.1, 0.15) is 16.8 Å². The number of pyridine rings is 1. The van der Waals surface area contributed by atoms with E-state index < -0.39 is 6.04 Å². The quantitative estimate of drug-likeness (QED) is 0.558. The number of carbonyl (C=O) groups excluding carboxylic acids is 2. The largest absolute Gasteiger partial charge is 0.341 e. The second-order valence-corrected chi connectivity index (χ2v) is 6.26. The maximum atomic E-state index is 12.3. The van der Waals surface area contributed by atoms with Crippen molar-refractivity contribution >= 4 is 23.6 Å².